The van der Waals surface area contributed by atoms with Crippen LogP contribution in [0.15, 0.2) is 59.1 Å². The van der Waals surface area contributed by atoms with E-state index in [1.807, 2.05) is 30.3 Å². The first-order valence-electron chi connectivity index (χ1n) is 8.34. The number of halogens is 1. The Morgan fingerprint density at radius 3 is 2.48 bits per heavy atom. The molecule has 6 nitrogen and oxygen atoms in total. The number of aryl methyl sites for hydroxylation is 1. The van der Waals surface area contributed by atoms with Gasteiger partial charge in [-0.05, 0) is 37.1 Å². The van der Waals surface area contributed by atoms with E-state index in [0.29, 0.717) is 11.3 Å². The van der Waals surface area contributed by atoms with E-state index in [2.05, 4.69) is 15.8 Å². The van der Waals surface area contributed by atoms with Gasteiger partial charge >= 0.3 is 0 Å². The molecule has 1 atom stereocenters. The van der Waals surface area contributed by atoms with Crippen molar-refractivity contribution in [1.82, 2.24) is 10.5 Å². The van der Waals surface area contributed by atoms with Crippen LogP contribution in [-0.4, -0.2) is 23.0 Å². The van der Waals surface area contributed by atoms with Crippen LogP contribution in [0.2, 0.25) is 0 Å². The zero-order chi connectivity index (χ0) is 19.4. The summed E-state index contributed by atoms with van der Waals surface area (Å²) in [6, 6.07) is 14.3. The van der Waals surface area contributed by atoms with E-state index in [1.54, 1.807) is 19.1 Å². The number of rotatable bonds is 5. The van der Waals surface area contributed by atoms with Gasteiger partial charge in [-0.15, -0.1) is 0 Å². The Kier molecular flexibility index (Phi) is 5.30. The molecule has 0 bridgehead atoms. The monoisotopic (exact) mass is 367 g/mol. The third-order valence-corrected chi connectivity index (χ3v) is 3.94. The first-order chi connectivity index (χ1) is 12.9. The Morgan fingerprint density at radius 1 is 1.07 bits per heavy atom. The summed E-state index contributed by atoms with van der Waals surface area (Å²) in [6.45, 7) is 3.19. The van der Waals surface area contributed by atoms with Crippen LogP contribution in [0.25, 0.3) is 11.1 Å². The quantitative estimate of drug-likeness (QED) is 0.722. The van der Waals surface area contributed by atoms with Crippen LogP contribution >= 0.6 is 0 Å². The van der Waals surface area contributed by atoms with E-state index in [-0.39, 0.29) is 11.4 Å². The van der Waals surface area contributed by atoms with E-state index in [0.717, 1.165) is 5.56 Å². The van der Waals surface area contributed by atoms with E-state index >= 15 is 0 Å². The molecule has 2 N–H and O–H groups in total. The molecule has 2 amide bonds. The molecule has 7 heteroatoms. The minimum absolute atomic E-state index is 0.131. The first-order valence-corrected chi connectivity index (χ1v) is 8.34. The molecule has 2 aromatic carbocycles. The SMILES string of the molecule is Cc1cc(NC(=O)C(C)NC(=O)c2cc(-c3ccccc3)ccc2F)no1. The van der Waals surface area contributed by atoms with Gasteiger partial charge < -0.3 is 15.2 Å². The number of carbonyl (C=O) groups excluding carboxylic acids is 2. The number of nitrogens with zero attached hydrogens (tertiary/aromatic N) is 1. The van der Waals surface area contributed by atoms with Crippen LogP contribution in [-0.2, 0) is 4.79 Å². The topological polar surface area (TPSA) is 84.2 Å². The molecule has 3 rings (SSSR count). The van der Waals surface area contributed by atoms with Crippen molar-refractivity contribution in [2.24, 2.45) is 0 Å². The Labute approximate surface area is 155 Å². The average Bonchev–Trinajstić information content (AvgIpc) is 3.07. The van der Waals surface area contributed by atoms with Gasteiger partial charge in [-0.1, -0.05) is 41.6 Å². The van der Waals surface area contributed by atoms with Gasteiger partial charge in [-0.2, -0.15) is 0 Å². The number of hydrogen-bond acceptors (Lipinski definition) is 4. The predicted octanol–water partition coefficient (Wildman–Crippen LogP) is 3.55. The molecule has 1 aromatic heterocycles. The summed E-state index contributed by atoms with van der Waals surface area (Å²) in [7, 11) is 0. The standard InChI is InChI=1S/C20H18FN3O3/c1-12-10-18(24-27-12)23-19(25)13(2)22-20(26)16-11-15(8-9-17(16)21)14-6-4-3-5-7-14/h3-11,13H,1-2H3,(H,22,26)(H,23,24,25). The largest absolute Gasteiger partial charge is 0.360 e. The maximum absolute atomic E-state index is 14.2. The molecular weight excluding hydrogens is 349 g/mol. The Hall–Kier alpha value is -3.48. The van der Waals surface area contributed by atoms with Gasteiger partial charge in [0.15, 0.2) is 5.82 Å². The molecule has 0 saturated heterocycles. The summed E-state index contributed by atoms with van der Waals surface area (Å²) in [4.78, 5) is 24.6. The smallest absolute Gasteiger partial charge is 0.254 e. The zero-order valence-electron chi connectivity index (χ0n) is 14.8. The number of nitrogens with one attached hydrogen (secondary N) is 2. The van der Waals surface area contributed by atoms with Crippen molar-refractivity contribution in [3.05, 3.63) is 71.7 Å². The van der Waals surface area contributed by atoms with Gasteiger partial charge in [-0.25, -0.2) is 4.39 Å². The molecule has 0 fully saturated rings. The summed E-state index contributed by atoms with van der Waals surface area (Å²) in [5.74, 6) is -1.04. The second kappa shape index (κ2) is 7.82. The van der Waals surface area contributed by atoms with Crippen molar-refractivity contribution in [2.75, 3.05) is 5.32 Å². The van der Waals surface area contributed by atoms with Crippen LogP contribution in [0, 0.1) is 12.7 Å². The van der Waals surface area contributed by atoms with E-state index in [1.165, 1.54) is 19.1 Å². The van der Waals surface area contributed by atoms with Crippen molar-refractivity contribution in [2.45, 2.75) is 19.9 Å². The summed E-state index contributed by atoms with van der Waals surface area (Å²) < 4.78 is 19.0. The lowest BCUT2D eigenvalue weighted by atomic mass is 10.0. The van der Waals surface area contributed by atoms with Gasteiger partial charge in [0.25, 0.3) is 5.91 Å². The van der Waals surface area contributed by atoms with E-state index in [9.17, 15) is 14.0 Å². The minimum Gasteiger partial charge on any atom is -0.360 e. The second-order valence-electron chi connectivity index (χ2n) is 6.07. The van der Waals surface area contributed by atoms with Gasteiger partial charge in [0, 0.05) is 6.07 Å². The molecule has 0 radical (unpaired) electrons. The van der Waals surface area contributed by atoms with Crippen molar-refractivity contribution >= 4 is 17.6 Å². The van der Waals surface area contributed by atoms with Gasteiger partial charge in [0.1, 0.15) is 17.6 Å². The number of hydrogen-bond donors (Lipinski definition) is 2. The number of carbonyl (C=O) groups is 2. The minimum atomic E-state index is -0.894. The predicted molar refractivity (Wildman–Crippen MR) is 98.6 cm³/mol. The molecule has 0 spiro atoms. The molecule has 138 valence electrons. The van der Waals surface area contributed by atoms with Crippen molar-refractivity contribution < 1.29 is 18.5 Å². The Balaban J connectivity index is 1.72. The number of benzene rings is 2. The molecule has 1 heterocycles. The fraction of sp³-hybridized carbons (Fsp3) is 0.150. The summed E-state index contributed by atoms with van der Waals surface area (Å²) >= 11 is 0. The summed E-state index contributed by atoms with van der Waals surface area (Å²) in [5.41, 5.74) is 1.43. The van der Waals surface area contributed by atoms with Crippen molar-refractivity contribution in [3.63, 3.8) is 0 Å². The summed E-state index contributed by atoms with van der Waals surface area (Å²) in [5, 5.41) is 8.67. The molecule has 0 saturated carbocycles. The number of amides is 2. The highest BCUT2D eigenvalue weighted by molar-refractivity contribution is 6.01. The third-order valence-electron chi connectivity index (χ3n) is 3.94. The molecule has 0 aliphatic carbocycles. The second-order valence-corrected chi connectivity index (χ2v) is 6.07. The number of anilines is 1. The van der Waals surface area contributed by atoms with Gasteiger partial charge in [-0.3, -0.25) is 9.59 Å². The molecule has 1 unspecified atom stereocenters. The van der Waals surface area contributed by atoms with Crippen LogP contribution in [0.5, 0.6) is 0 Å². The lowest BCUT2D eigenvalue weighted by Crippen LogP contribution is -2.41. The van der Waals surface area contributed by atoms with E-state index < -0.39 is 23.7 Å². The van der Waals surface area contributed by atoms with Crippen LogP contribution in [0.3, 0.4) is 0 Å². The van der Waals surface area contributed by atoms with Crippen molar-refractivity contribution in [3.8, 4) is 11.1 Å². The fourth-order valence-corrected chi connectivity index (χ4v) is 2.51. The maximum atomic E-state index is 14.2. The Bertz CT molecular complexity index is 970. The first kappa shape index (κ1) is 18.3. The van der Waals surface area contributed by atoms with Gasteiger partial charge in [0.2, 0.25) is 5.91 Å². The van der Waals surface area contributed by atoms with E-state index in [4.69, 9.17) is 4.52 Å². The molecular formula is C20H18FN3O3. The third kappa shape index (κ3) is 4.38. The molecule has 27 heavy (non-hydrogen) atoms. The fourth-order valence-electron chi connectivity index (χ4n) is 2.51. The average molecular weight is 367 g/mol. The van der Waals surface area contributed by atoms with Crippen LogP contribution < -0.4 is 10.6 Å². The van der Waals surface area contributed by atoms with Crippen LogP contribution in [0.1, 0.15) is 23.0 Å². The molecule has 0 aliphatic heterocycles. The Morgan fingerprint density at radius 2 is 1.81 bits per heavy atom. The highest BCUT2D eigenvalue weighted by Gasteiger charge is 2.20. The lowest BCUT2D eigenvalue weighted by Gasteiger charge is -2.14. The normalized spacial score (nSPS) is 11.7. The highest BCUT2D eigenvalue weighted by atomic mass is 19.1. The number of aromatic nitrogens is 1. The highest BCUT2D eigenvalue weighted by Crippen LogP contribution is 2.22. The zero-order valence-corrected chi connectivity index (χ0v) is 14.8. The van der Waals surface area contributed by atoms with Crippen LogP contribution in [0.4, 0.5) is 10.2 Å². The lowest BCUT2D eigenvalue weighted by molar-refractivity contribution is -0.117. The van der Waals surface area contributed by atoms with Crippen molar-refractivity contribution in [1.29, 1.82) is 0 Å². The summed E-state index contributed by atoms with van der Waals surface area (Å²) in [6.07, 6.45) is 0. The maximum Gasteiger partial charge on any atom is 0.254 e. The van der Waals surface area contributed by atoms with Gasteiger partial charge in [0.05, 0.1) is 5.56 Å². The molecule has 3 aromatic rings. The molecule has 0 aliphatic rings.